The minimum Gasteiger partial charge on any atom is -0.330 e. The van der Waals surface area contributed by atoms with E-state index in [2.05, 4.69) is 18.3 Å². The third-order valence-corrected chi connectivity index (χ3v) is 2.42. The first-order valence-corrected chi connectivity index (χ1v) is 5.30. The predicted molar refractivity (Wildman–Crippen MR) is 61.5 cm³/mol. The summed E-state index contributed by atoms with van der Waals surface area (Å²) in [6.07, 6.45) is 1.00. The first-order chi connectivity index (χ1) is 6.74. The Morgan fingerprint density at radius 1 is 1.50 bits per heavy atom. The molecule has 0 aliphatic carbocycles. The van der Waals surface area contributed by atoms with Crippen LogP contribution >= 0.6 is 11.6 Å². The highest BCUT2D eigenvalue weighted by Crippen LogP contribution is 2.16. The van der Waals surface area contributed by atoms with Crippen LogP contribution in [0.4, 0.5) is 0 Å². The lowest BCUT2D eigenvalue weighted by atomic mass is 10.1. The molecule has 0 aromatic heterocycles. The van der Waals surface area contributed by atoms with Gasteiger partial charge in [-0.1, -0.05) is 23.7 Å². The van der Waals surface area contributed by atoms with E-state index in [1.165, 1.54) is 5.56 Å². The maximum absolute atomic E-state index is 5.90. The molecule has 1 rings (SSSR count). The van der Waals surface area contributed by atoms with Gasteiger partial charge >= 0.3 is 0 Å². The molecule has 0 bridgehead atoms. The van der Waals surface area contributed by atoms with E-state index in [4.69, 9.17) is 17.3 Å². The van der Waals surface area contributed by atoms with E-state index >= 15 is 0 Å². The molecule has 2 nitrogen and oxygen atoms in total. The van der Waals surface area contributed by atoms with Crippen molar-refractivity contribution in [1.82, 2.24) is 5.32 Å². The number of nitrogens with two attached hydrogens (primary N) is 1. The van der Waals surface area contributed by atoms with Gasteiger partial charge in [-0.2, -0.15) is 0 Å². The van der Waals surface area contributed by atoms with Gasteiger partial charge in [0.05, 0.1) is 0 Å². The zero-order valence-electron chi connectivity index (χ0n) is 8.46. The second kappa shape index (κ2) is 6.02. The Kier molecular flexibility index (Phi) is 4.94. The fourth-order valence-electron chi connectivity index (χ4n) is 1.31. The number of hydrogen-bond acceptors (Lipinski definition) is 2. The van der Waals surface area contributed by atoms with Crippen LogP contribution in [0.15, 0.2) is 24.3 Å². The number of halogens is 1. The Bertz CT molecular complexity index is 276. The lowest BCUT2D eigenvalue weighted by molar-refractivity contribution is 0.562. The monoisotopic (exact) mass is 212 g/mol. The molecule has 78 valence electrons. The highest BCUT2D eigenvalue weighted by atomic mass is 35.5. The summed E-state index contributed by atoms with van der Waals surface area (Å²) < 4.78 is 0. The molecule has 0 amide bonds. The zero-order chi connectivity index (χ0) is 10.4. The highest BCUT2D eigenvalue weighted by molar-refractivity contribution is 6.30. The van der Waals surface area contributed by atoms with Gasteiger partial charge in [-0.15, -0.1) is 0 Å². The Morgan fingerprint density at radius 2 is 2.29 bits per heavy atom. The molecule has 0 spiro atoms. The van der Waals surface area contributed by atoms with Gasteiger partial charge in [0, 0.05) is 11.1 Å². The third-order valence-electron chi connectivity index (χ3n) is 2.18. The van der Waals surface area contributed by atoms with Crippen LogP contribution in [0.2, 0.25) is 5.02 Å². The molecule has 1 aromatic carbocycles. The number of hydrogen-bond donors (Lipinski definition) is 2. The molecule has 1 atom stereocenters. The first-order valence-electron chi connectivity index (χ1n) is 4.93. The minimum absolute atomic E-state index is 0.334. The van der Waals surface area contributed by atoms with Crippen LogP contribution < -0.4 is 11.1 Å². The molecular formula is C11H17ClN2. The highest BCUT2D eigenvalue weighted by Gasteiger charge is 2.03. The number of benzene rings is 1. The van der Waals surface area contributed by atoms with Gasteiger partial charge in [0.15, 0.2) is 0 Å². The van der Waals surface area contributed by atoms with Crippen LogP contribution in [0.1, 0.15) is 24.9 Å². The summed E-state index contributed by atoms with van der Waals surface area (Å²) in [5.74, 6) is 0. The Labute approximate surface area is 90.4 Å². The summed E-state index contributed by atoms with van der Waals surface area (Å²) >= 11 is 5.90. The van der Waals surface area contributed by atoms with E-state index in [-0.39, 0.29) is 0 Å². The predicted octanol–water partition coefficient (Wildman–Crippen LogP) is 2.34. The summed E-state index contributed by atoms with van der Waals surface area (Å²) in [5.41, 5.74) is 6.63. The molecule has 3 heteroatoms. The van der Waals surface area contributed by atoms with Crippen LogP contribution in [-0.4, -0.2) is 13.1 Å². The van der Waals surface area contributed by atoms with Gasteiger partial charge in [-0.3, -0.25) is 0 Å². The van der Waals surface area contributed by atoms with E-state index in [9.17, 15) is 0 Å². The summed E-state index contributed by atoms with van der Waals surface area (Å²) in [6, 6.07) is 8.25. The van der Waals surface area contributed by atoms with Crippen molar-refractivity contribution in [2.75, 3.05) is 13.1 Å². The normalized spacial score (nSPS) is 12.8. The lowest BCUT2D eigenvalue weighted by Gasteiger charge is -2.13. The van der Waals surface area contributed by atoms with Crippen LogP contribution in [0.5, 0.6) is 0 Å². The SMILES string of the molecule is C[C@@H](NCCCN)c1cccc(Cl)c1. The number of nitrogens with one attached hydrogen (secondary N) is 1. The maximum atomic E-state index is 5.90. The van der Waals surface area contributed by atoms with E-state index in [1.54, 1.807) is 0 Å². The average molecular weight is 213 g/mol. The molecule has 0 aliphatic rings. The Balaban J connectivity index is 2.47. The average Bonchev–Trinajstić information content (AvgIpc) is 2.18. The van der Waals surface area contributed by atoms with Crippen molar-refractivity contribution in [1.29, 1.82) is 0 Å². The molecule has 1 aromatic rings. The van der Waals surface area contributed by atoms with Crippen molar-refractivity contribution in [2.24, 2.45) is 5.73 Å². The molecule has 0 heterocycles. The fourth-order valence-corrected chi connectivity index (χ4v) is 1.51. The third kappa shape index (κ3) is 3.66. The molecule has 14 heavy (non-hydrogen) atoms. The smallest absolute Gasteiger partial charge is 0.0409 e. The van der Waals surface area contributed by atoms with Crippen LogP contribution in [0, 0.1) is 0 Å². The van der Waals surface area contributed by atoms with Gasteiger partial charge in [0.1, 0.15) is 0 Å². The Hall–Kier alpha value is -0.570. The summed E-state index contributed by atoms with van der Waals surface area (Å²) in [7, 11) is 0. The van der Waals surface area contributed by atoms with Crippen LogP contribution in [-0.2, 0) is 0 Å². The number of rotatable bonds is 5. The van der Waals surface area contributed by atoms with Crippen molar-refractivity contribution in [3.63, 3.8) is 0 Å². The molecule has 0 fully saturated rings. The summed E-state index contributed by atoms with van der Waals surface area (Å²) in [4.78, 5) is 0. The largest absolute Gasteiger partial charge is 0.330 e. The molecule has 0 saturated heterocycles. The molecular weight excluding hydrogens is 196 g/mol. The topological polar surface area (TPSA) is 38.0 Å². The molecule has 0 unspecified atom stereocenters. The van der Waals surface area contributed by atoms with Gasteiger partial charge in [0.2, 0.25) is 0 Å². The molecule has 3 N–H and O–H groups in total. The van der Waals surface area contributed by atoms with Gasteiger partial charge < -0.3 is 11.1 Å². The second-order valence-electron chi connectivity index (χ2n) is 3.37. The molecule has 0 aliphatic heterocycles. The van der Waals surface area contributed by atoms with E-state index < -0.39 is 0 Å². The molecule has 0 radical (unpaired) electrons. The van der Waals surface area contributed by atoms with Crippen LogP contribution in [0.25, 0.3) is 0 Å². The minimum atomic E-state index is 0.334. The second-order valence-corrected chi connectivity index (χ2v) is 3.81. The Morgan fingerprint density at radius 3 is 2.93 bits per heavy atom. The van der Waals surface area contributed by atoms with Crippen molar-refractivity contribution in [3.05, 3.63) is 34.9 Å². The maximum Gasteiger partial charge on any atom is 0.0409 e. The zero-order valence-corrected chi connectivity index (χ0v) is 9.22. The summed E-state index contributed by atoms with van der Waals surface area (Å²) in [6.45, 7) is 3.81. The standard InChI is InChI=1S/C11H17ClN2/c1-9(14-7-3-6-13)10-4-2-5-11(12)8-10/h2,4-5,8-9,14H,3,6-7,13H2,1H3/t9-/m1/s1. The van der Waals surface area contributed by atoms with E-state index in [1.807, 2.05) is 18.2 Å². The lowest BCUT2D eigenvalue weighted by Crippen LogP contribution is -2.21. The van der Waals surface area contributed by atoms with Gasteiger partial charge in [-0.05, 0) is 44.1 Å². The van der Waals surface area contributed by atoms with Gasteiger partial charge in [0.25, 0.3) is 0 Å². The quantitative estimate of drug-likeness (QED) is 0.736. The van der Waals surface area contributed by atoms with Crippen molar-refractivity contribution in [2.45, 2.75) is 19.4 Å². The fraction of sp³-hybridized carbons (Fsp3) is 0.455. The molecule has 0 saturated carbocycles. The van der Waals surface area contributed by atoms with Gasteiger partial charge in [-0.25, -0.2) is 0 Å². The summed E-state index contributed by atoms with van der Waals surface area (Å²) in [5, 5.41) is 4.18. The van der Waals surface area contributed by atoms with E-state index in [0.717, 1.165) is 24.5 Å². The van der Waals surface area contributed by atoms with E-state index in [0.29, 0.717) is 6.04 Å². The van der Waals surface area contributed by atoms with Crippen molar-refractivity contribution >= 4 is 11.6 Å². The van der Waals surface area contributed by atoms with Crippen molar-refractivity contribution in [3.8, 4) is 0 Å². The first kappa shape index (κ1) is 11.5. The van der Waals surface area contributed by atoms with Crippen molar-refractivity contribution < 1.29 is 0 Å². The van der Waals surface area contributed by atoms with Crippen LogP contribution in [0.3, 0.4) is 0 Å².